The molecule has 0 aliphatic carbocycles. The number of anilines is 2. The molecule has 106 valence electrons. The van der Waals surface area contributed by atoms with Crippen LogP contribution in [0.1, 0.15) is 30.6 Å². The second-order valence-electron chi connectivity index (χ2n) is 4.45. The van der Waals surface area contributed by atoms with Crippen LogP contribution >= 0.6 is 0 Å². The first-order chi connectivity index (χ1) is 9.02. The minimum atomic E-state index is -0.480. The lowest BCUT2D eigenvalue weighted by Crippen LogP contribution is -2.34. The third-order valence-electron chi connectivity index (χ3n) is 2.83. The van der Waals surface area contributed by atoms with Gasteiger partial charge in [-0.2, -0.15) is 0 Å². The number of carbonyl (C=O) groups excluding carboxylic acids is 1. The van der Waals surface area contributed by atoms with Crippen LogP contribution in [0.2, 0.25) is 0 Å². The zero-order chi connectivity index (χ0) is 14.4. The molecule has 0 radical (unpaired) electrons. The number of nitrogens with zero attached hydrogens (tertiary/aromatic N) is 2. The number of nitrogens with two attached hydrogens (primary N) is 1. The maximum atomic E-state index is 11.6. The number of aliphatic hydroxyl groups excluding tert-OH is 1. The Bertz CT molecular complexity index is 435. The van der Waals surface area contributed by atoms with Crippen LogP contribution in [0.4, 0.5) is 11.5 Å². The third-order valence-corrected chi connectivity index (χ3v) is 2.83. The van der Waals surface area contributed by atoms with Crippen molar-refractivity contribution in [3.05, 3.63) is 17.8 Å². The fraction of sp³-hybridized carbons (Fsp3) is 0.538. The van der Waals surface area contributed by atoms with Gasteiger partial charge in [0.2, 0.25) is 0 Å². The highest BCUT2D eigenvalue weighted by Crippen LogP contribution is 2.26. The van der Waals surface area contributed by atoms with E-state index in [1.54, 1.807) is 0 Å². The highest BCUT2D eigenvalue weighted by Gasteiger charge is 2.19. The molecule has 1 aromatic rings. The van der Waals surface area contributed by atoms with E-state index >= 15 is 0 Å². The summed E-state index contributed by atoms with van der Waals surface area (Å²) < 4.78 is 4.69. The van der Waals surface area contributed by atoms with Crippen molar-refractivity contribution in [3.63, 3.8) is 0 Å². The molecular formula is C13H21N3O3. The Morgan fingerprint density at radius 2 is 2.26 bits per heavy atom. The Morgan fingerprint density at radius 1 is 1.58 bits per heavy atom. The largest absolute Gasteiger partial charge is 0.465 e. The molecule has 6 heteroatoms. The summed E-state index contributed by atoms with van der Waals surface area (Å²) in [7, 11) is 1.31. The summed E-state index contributed by atoms with van der Waals surface area (Å²) in [5.74, 6) is 0.0679. The molecule has 0 saturated heterocycles. The van der Waals surface area contributed by atoms with Gasteiger partial charge in [-0.05, 0) is 26.3 Å². The molecule has 0 aliphatic rings. The molecule has 19 heavy (non-hydrogen) atoms. The summed E-state index contributed by atoms with van der Waals surface area (Å²) in [4.78, 5) is 17.8. The smallest absolute Gasteiger partial charge is 0.340 e. The zero-order valence-electron chi connectivity index (χ0n) is 11.6. The number of rotatable bonds is 6. The van der Waals surface area contributed by atoms with Crippen LogP contribution in [0, 0.1) is 0 Å². The lowest BCUT2D eigenvalue weighted by atomic mass is 10.2. The lowest BCUT2D eigenvalue weighted by Gasteiger charge is -2.29. The Balaban J connectivity index is 3.13. The lowest BCUT2D eigenvalue weighted by molar-refractivity contribution is 0.0602. The Hall–Kier alpha value is -1.82. The molecule has 0 amide bonds. The molecule has 0 fully saturated rings. The second kappa shape index (κ2) is 6.94. The fourth-order valence-electron chi connectivity index (χ4n) is 1.83. The van der Waals surface area contributed by atoms with E-state index in [-0.39, 0.29) is 12.6 Å². The average Bonchev–Trinajstić information content (AvgIpc) is 2.39. The van der Waals surface area contributed by atoms with E-state index in [1.807, 2.05) is 18.7 Å². The maximum absolute atomic E-state index is 11.6. The van der Waals surface area contributed by atoms with Crippen LogP contribution in [0.5, 0.6) is 0 Å². The first-order valence-electron chi connectivity index (χ1n) is 6.23. The van der Waals surface area contributed by atoms with Gasteiger partial charge in [-0.3, -0.25) is 0 Å². The van der Waals surface area contributed by atoms with Crippen LogP contribution < -0.4 is 10.6 Å². The van der Waals surface area contributed by atoms with Gasteiger partial charge in [0.1, 0.15) is 0 Å². The molecule has 1 aromatic heterocycles. The Labute approximate surface area is 113 Å². The van der Waals surface area contributed by atoms with Crippen LogP contribution in [0.15, 0.2) is 12.3 Å². The predicted molar refractivity (Wildman–Crippen MR) is 74.2 cm³/mol. The first-order valence-corrected chi connectivity index (χ1v) is 6.23. The van der Waals surface area contributed by atoms with Gasteiger partial charge >= 0.3 is 5.97 Å². The van der Waals surface area contributed by atoms with Crippen LogP contribution in [-0.4, -0.2) is 42.4 Å². The molecule has 0 atom stereocenters. The Kier molecular flexibility index (Phi) is 5.57. The number of hydrogen-bond donors (Lipinski definition) is 2. The van der Waals surface area contributed by atoms with E-state index in [0.29, 0.717) is 30.0 Å². The van der Waals surface area contributed by atoms with E-state index < -0.39 is 5.97 Å². The van der Waals surface area contributed by atoms with E-state index in [4.69, 9.17) is 10.8 Å². The quantitative estimate of drug-likeness (QED) is 0.749. The SMILES string of the molecule is COC(=O)c1ccnc(N(CCCO)C(C)C)c1N. The molecule has 0 spiro atoms. The zero-order valence-corrected chi connectivity index (χ0v) is 11.6. The highest BCUT2D eigenvalue weighted by atomic mass is 16.5. The number of esters is 1. The molecule has 0 bridgehead atoms. The number of hydrogen-bond acceptors (Lipinski definition) is 6. The summed E-state index contributed by atoms with van der Waals surface area (Å²) >= 11 is 0. The van der Waals surface area contributed by atoms with Crippen molar-refractivity contribution in [2.75, 3.05) is 30.9 Å². The van der Waals surface area contributed by atoms with Gasteiger partial charge in [0.25, 0.3) is 0 Å². The van der Waals surface area contributed by atoms with Crippen LogP contribution in [0.25, 0.3) is 0 Å². The number of pyridine rings is 1. The minimum absolute atomic E-state index is 0.0970. The molecule has 3 N–H and O–H groups in total. The molecule has 1 rings (SSSR count). The van der Waals surface area contributed by atoms with Gasteiger partial charge in [-0.1, -0.05) is 0 Å². The van der Waals surface area contributed by atoms with Crippen LogP contribution in [0.3, 0.4) is 0 Å². The molecule has 0 aromatic carbocycles. The second-order valence-corrected chi connectivity index (χ2v) is 4.45. The van der Waals surface area contributed by atoms with Crippen molar-refractivity contribution in [1.82, 2.24) is 4.98 Å². The standard InChI is InChI=1S/C13H21N3O3/c1-9(2)16(7-4-8-17)12-11(14)10(5-6-15-12)13(18)19-3/h5-6,9,17H,4,7-8,14H2,1-3H3. The van der Waals surface area contributed by atoms with E-state index in [2.05, 4.69) is 9.72 Å². The molecule has 0 saturated carbocycles. The van der Waals surface area contributed by atoms with Crippen molar-refractivity contribution < 1.29 is 14.6 Å². The van der Waals surface area contributed by atoms with E-state index in [9.17, 15) is 4.79 Å². The van der Waals surface area contributed by atoms with Crippen molar-refractivity contribution in [1.29, 1.82) is 0 Å². The summed E-state index contributed by atoms with van der Waals surface area (Å²) in [6.45, 7) is 4.72. The Morgan fingerprint density at radius 3 is 2.79 bits per heavy atom. The number of nitrogen functional groups attached to an aromatic ring is 1. The van der Waals surface area contributed by atoms with Crippen molar-refractivity contribution in [2.45, 2.75) is 26.3 Å². The van der Waals surface area contributed by atoms with Gasteiger partial charge in [-0.25, -0.2) is 9.78 Å². The summed E-state index contributed by atoms with van der Waals surface area (Å²) in [6, 6.07) is 1.70. The monoisotopic (exact) mass is 267 g/mol. The van der Waals surface area contributed by atoms with E-state index in [1.165, 1.54) is 19.4 Å². The number of methoxy groups -OCH3 is 1. The maximum Gasteiger partial charge on any atom is 0.340 e. The van der Waals surface area contributed by atoms with E-state index in [0.717, 1.165) is 0 Å². The van der Waals surface area contributed by atoms with Crippen molar-refractivity contribution >= 4 is 17.5 Å². The number of carbonyl (C=O) groups is 1. The summed E-state index contributed by atoms with van der Waals surface area (Å²) in [5, 5.41) is 8.94. The number of aliphatic hydroxyl groups is 1. The normalized spacial score (nSPS) is 10.6. The van der Waals surface area contributed by atoms with Gasteiger partial charge < -0.3 is 20.5 Å². The third kappa shape index (κ3) is 3.57. The number of aromatic nitrogens is 1. The van der Waals surface area contributed by atoms with Gasteiger partial charge in [0.05, 0.1) is 18.4 Å². The van der Waals surface area contributed by atoms with Crippen molar-refractivity contribution in [3.8, 4) is 0 Å². The molecular weight excluding hydrogens is 246 g/mol. The molecule has 6 nitrogen and oxygen atoms in total. The topological polar surface area (TPSA) is 88.7 Å². The molecule has 0 aliphatic heterocycles. The summed E-state index contributed by atoms with van der Waals surface area (Å²) in [6.07, 6.45) is 2.15. The number of ether oxygens (including phenoxy) is 1. The van der Waals surface area contributed by atoms with Gasteiger partial charge in [-0.15, -0.1) is 0 Å². The summed E-state index contributed by atoms with van der Waals surface area (Å²) in [5.41, 5.74) is 6.62. The average molecular weight is 267 g/mol. The van der Waals surface area contributed by atoms with Gasteiger partial charge in [0, 0.05) is 25.4 Å². The fourth-order valence-corrected chi connectivity index (χ4v) is 1.83. The van der Waals surface area contributed by atoms with Gasteiger partial charge in [0.15, 0.2) is 5.82 Å². The molecule has 0 unspecified atom stereocenters. The first kappa shape index (κ1) is 15.2. The predicted octanol–water partition coefficient (Wildman–Crippen LogP) is 1.05. The van der Waals surface area contributed by atoms with Crippen molar-refractivity contribution in [2.24, 2.45) is 0 Å². The molecule has 1 heterocycles. The van der Waals surface area contributed by atoms with Crippen LogP contribution in [-0.2, 0) is 4.74 Å². The highest BCUT2D eigenvalue weighted by molar-refractivity contribution is 5.97. The minimum Gasteiger partial charge on any atom is -0.465 e.